The molecule has 2 heterocycles. The number of hydrogen-bond donors (Lipinski definition) is 1. The fraction of sp³-hybridized carbons (Fsp3) is 0.238. The number of carbonyl (C=O) groups is 1. The molecular formula is C21H21N3O6S. The summed E-state index contributed by atoms with van der Waals surface area (Å²) in [5.74, 6) is 0.134. The van der Waals surface area contributed by atoms with Gasteiger partial charge >= 0.3 is 5.97 Å². The third-order valence-corrected chi connectivity index (χ3v) is 5.88. The van der Waals surface area contributed by atoms with Crippen LogP contribution in [0.2, 0.25) is 0 Å². The van der Waals surface area contributed by atoms with E-state index in [4.69, 9.17) is 14.2 Å². The van der Waals surface area contributed by atoms with Gasteiger partial charge in [0.15, 0.2) is 11.5 Å². The van der Waals surface area contributed by atoms with Crippen molar-refractivity contribution in [2.45, 2.75) is 17.9 Å². The smallest absolute Gasteiger partial charge is 0.321 e. The molecule has 0 unspecified atom stereocenters. The summed E-state index contributed by atoms with van der Waals surface area (Å²) in [6.07, 6.45) is 2.47. The van der Waals surface area contributed by atoms with Gasteiger partial charge in [-0.1, -0.05) is 18.2 Å². The van der Waals surface area contributed by atoms with Crippen LogP contribution in [0.15, 0.2) is 65.7 Å². The SMILES string of the molecule is O=C(CNS(=O)(=O)c1ccc2c(c1)OCCCO2)OCc1ccn(-c2ccccc2)n1. The first-order valence-corrected chi connectivity index (χ1v) is 11.1. The van der Waals surface area contributed by atoms with Gasteiger partial charge in [0.2, 0.25) is 10.0 Å². The van der Waals surface area contributed by atoms with Crippen molar-refractivity contribution in [3.63, 3.8) is 0 Å². The number of aromatic nitrogens is 2. The predicted octanol–water partition coefficient (Wildman–Crippen LogP) is 2.06. The van der Waals surface area contributed by atoms with Crippen molar-refractivity contribution < 1.29 is 27.4 Å². The van der Waals surface area contributed by atoms with Gasteiger partial charge in [-0.15, -0.1) is 0 Å². The second-order valence-electron chi connectivity index (χ2n) is 6.73. The Morgan fingerprint density at radius 3 is 2.65 bits per heavy atom. The molecule has 0 saturated heterocycles. The van der Waals surface area contributed by atoms with Crippen molar-refractivity contribution in [1.82, 2.24) is 14.5 Å². The lowest BCUT2D eigenvalue weighted by atomic mass is 10.3. The molecule has 0 spiro atoms. The van der Waals surface area contributed by atoms with Gasteiger partial charge in [0.25, 0.3) is 0 Å². The van der Waals surface area contributed by atoms with E-state index in [-0.39, 0.29) is 11.5 Å². The topological polar surface area (TPSA) is 109 Å². The molecule has 1 aliphatic rings. The lowest BCUT2D eigenvalue weighted by molar-refractivity contribution is -0.143. The predicted molar refractivity (Wildman–Crippen MR) is 111 cm³/mol. The maximum atomic E-state index is 12.5. The minimum Gasteiger partial charge on any atom is -0.490 e. The highest BCUT2D eigenvalue weighted by Crippen LogP contribution is 2.31. The average molecular weight is 443 g/mol. The molecule has 31 heavy (non-hydrogen) atoms. The Hall–Kier alpha value is -3.37. The van der Waals surface area contributed by atoms with Crippen LogP contribution in [-0.4, -0.2) is 43.9 Å². The van der Waals surface area contributed by atoms with Crippen LogP contribution in [0.1, 0.15) is 12.1 Å². The van der Waals surface area contributed by atoms with Gasteiger partial charge < -0.3 is 14.2 Å². The van der Waals surface area contributed by atoms with Gasteiger partial charge in [-0.05, 0) is 30.3 Å². The number of hydrogen-bond acceptors (Lipinski definition) is 7. The highest BCUT2D eigenvalue weighted by atomic mass is 32.2. The standard InChI is InChI=1S/C21H21N3O6S/c25-21(30-15-16-9-10-24(23-16)17-5-2-1-3-6-17)14-22-31(26,27)18-7-8-19-20(13-18)29-12-4-11-28-19/h1-3,5-10,13,22H,4,11-12,14-15H2. The van der Waals surface area contributed by atoms with E-state index < -0.39 is 22.5 Å². The van der Waals surface area contributed by atoms with Crippen LogP contribution in [0.5, 0.6) is 11.5 Å². The van der Waals surface area contributed by atoms with E-state index in [1.807, 2.05) is 30.3 Å². The maximum Gasteiger partial charge on any atom is 0.321 e. The number of fused-ring (bicyclic) bond motifs is 1. The van der Waals surface area contributed by atoms with E-state index in [0.717, 1.165) is 5.69 Å². The lowest BCUT2D eigenvalue weighted by Crippen LogP contribution is -2.30. The molecule has 0 amide bonds. The van der Waals surface area contributed by atoms with Gasteiger partial charge in [0.1, 0.15) is 18.8 Å². The second kappa shape index (κ2) is 9.19. The number of para-hydroxylation sites is 1. The molecule has 1 N–H and O–H groups in total. The summed E-state index contributed by atoms with van der Waals surface area (Å²) in [6.45, 7) is 0.379. The Morgan fingerprint density at radius 1 is 1.06 bits per heavy atom. The van der Waals surface area contributed by atoms with E-state index in [2.05, 4.69) is 9.82 Å². The summed E-state index contributed by atoms with van der Waals surface area (Å²) in [4.78, 5) is 12.0. The van der Waals surface area contributed by atoms with Crippen molar-refractivity contribution in [1.29, 1.82) is 0 Å². The largest absolute Gasteiger partial charge is 0.490 e. The molecule has 4 rings (SSSR count). The monoisotopic (exact) mass is 443 g/mol. The van der Waals surface area contributed by atoms with E-state index in [1.54, 1.807) is 16.9 Å². The number of esters is 1. The molecule has 0 fully saturated rings. The van der Waals surface area contributed by atoms with Crippen molar-refractivity contribution in [2.24, 2.45) is 0 Å². The van der Waals surface area contributed by atoms with Crippen LogP contribution < -0.4 is 14.2 Å². The molecular weight excluding hydrogens is 422 g/mol. The number of sulfonamides is 1. The fourth-order valence-corrected chi connectivity index (χ4v) is 3.90. The fourth-order valence-electron chi connectivity index (χ4n) is 2.92. The van der Waals surface area contributed by atoms with Crippen LogP contribution in [0.3, 0.4) is 0 Å². The molecule has 9 nitrogen and oxygen atoms in total. The van der Waals surface area contributed by atoms with E-state index in [1.165, 1.54) is 18.2 Å². The quantitative estimate of drug-likeness (QED) is 0.557. The van der Waals surface area contributed by atoms with E-state index in [0.29, 0.717) is 36.8 Å². The molecule has 0 atom stereocenters. The molecule has 3 aromatic rings. The van der Waals surface area contributed by atoms with Crippen LogP contribution >= 0.6 is 0 Å². The number of benzene rings is 2. The van der Waals surface area contributed by atoms with Crippen molar-refractivity contribution in [2.75, 3.05) is 19.8 Å². The van der Waals surface area contributed by atoms with Gasteiger partial charge in [0, 0.05) is 18.7 Å². The lowest BCUT2D eigenvalue weighted by Gasteiger charge is -2.10. The summed E-state index contributed by atoms with van der Waals surface area (Å²) in [5, 5.41) is 4.33. The molecule has 1 aliphatic heterocycles. The first-order valence-electron chi connectivity index (χ1n) is 9.66. The van der Waals surface area contributed by atoms with Crippen molar-refractivity contribution in [3.05, 3.63) is 66.5 Å². The molecule has 0 saturated carbocycles. The molecule has 10 heteroatoms. The zero-order chi connectivity index (χ0) is 21.7. The number of nitrogens with one attached hydrogen (secondary N) is 1. The highest BCUT2D eigenvalue weighted by Gasteiger charge is 2.20. The Morgan fingerprint density at radius 2 is 1.84 bits per heavy atom. The summed E-state index contributed by atoms with van der Waals surface area (Å²) >= 11 is 0. The van der Waals surface area contributed by atoms with Gasteiger partial charge in [-0.25, -0.2) is 13.1 Å². The van der Waals surface area contributed by atoms with Crippen molar-refractivity contribution >= 4 is 16.0 Å². The number of ether oxygens (including phenoxy) is 3. The Balaban J connectivity index is 1.31. The third kappa shape index (κ3) is 5.22. The van der Waals surface area contributed by atoms with E-state index >= 15 is 0 Å². The first kappa shape index (κ1) is 20.9. The average Bonchev–Trinajstić information content (AvgIpc) is 3.14. The van der Waals surface area contributed by atoms with Crippen molar-refractivity contribution in [3.8, 4) is 17.2 Å². The third-order valence-electron chi connectivity index (χ3n) is 4.48. The minimum absolute atomic E-state index is 0.0221. The normalized spacial score (nSPS) is 13.4. The van der Waals surface area contributed by atoms with Gasteiger partial charge in [0.05, 0.1) is 23.8 Å². The first-order chi connectivity index (χ1) is 15.0. The maximum absolute atomic E-state index is 12.5. The zero-order valence-corrected chi connectivity index (χ0v) is 17.4. The summed E-state index contributed by atoms with van der Waals surface area (Å²) in [6, 6.07) is 15.5. The Kier molecular flexibility index (Phi) is 6.19. The molecule has 1 aromatic heterocycles. The Bertz CT molecular complexity index is 1160. The van der Waals surface area contributed by atoms with Crippen LogP contribution in [0, 0.1) is 0 Å². The second-order valence-corrected chi connectivity index (χ2v) is 8.50. The highest BCUT2D eigenvalue weighted by molar-refractivity contribution is 7.89. The molecule has 162 valence electrons. The summed E-state index contributed by atoms with van der Waals surface area (Å²) in [5.41, 5.74) is 1.42. The molecule has 0 bridgehead atoms. The van der Waals surface area contributed by atoms with Gasteiger partial charge in [-0.2, -0.15) is 9.82 Å². The number of rotatable bonds is 7. The number of nitrogens with zero attached hydrogens (tertiary/aromatic N) is 2. The summed E-state index contributed by atoms with van der Waals surface area (Å²) in [7, 11) is -3.92. The van der Waals surface area contributed by atoms with Gasteiger partial charge in [-0.3, -0.25) is 4.79 Å². The van der Waals surface area contributed by atoms with E-state index in [9.17, 15) is 13.2 Å². The van der Waals surface area contributed by atoms with Crippen LogP contribution in [0.25, 0.3) is 5.69 Å². The minimum atomic E-state index is -3.92. The van der Waals surface area contributed by atoms with Crippen LogP contribution in [-0.2, 0) is 26.2 Å². The Labute approximate surface area is 179 Å². The molecule has 0 aliphatic carbocycles. The summed E-state index contributed by atoms with van der Waals surface area (Å²) < 4.78 is 45.1. The van der Waals surface area contributed by atoms with Crippen LogP contribution in [0.4, 0.5) is 0 Å². The molecule has 2 aromatic carbocycles. The zero-order valence-electron chi connectivity index (χ0n) is 16.6. The number of carbonyl (C=O) groups excluding carboxylic acids is 1. The molecule has 0 radical (unpaired) electrons.